The fourth-order valence-electron chi connectivity index (χ4n) is 2.12. The summed E-state index contributed by atoms with van der Waals surface area (Å²) < 4.78 is 11.4. The van der Waals surface area contributed by atoms with Gasteiger partial charge in [-0.25, -0.2) is 4.98 Å². The zero-order valence-electron chi connectivity index (χ0n) is 13.7. The molecular formula is C17H13BrN2O3S3. The molecule has 1 N–H and O–H groups in total. The van der Waals surface area contributed by atoms with Crippen LogP contribution in [-0.2, 0) is 0 Å². The maximum Gasteiger partial charge on any atom is 0.220 e. The van der Waals surface area contributed by atoms with Crippen LogP contribution in [0.25, 0.3) is 10.6 Å². The Bertz CT molecular complexity index is 946. The van der Waals surface area contributed by atoms with E-state index < -0.39 is 0 Å². The lowest BCUT2D eigenvalue weighted by molar-refractivity contribution is 0.106. The van der Waals surface area contributed by atoms with Crippen LogP contribution in [0.3, 0.4) is 0 Å². The highest BCUT2D eigenvalue weighted by Gasteiger charge is 2.17. The van der Waals surface area contributed by atoms with Crippen LogP contribution in [-0.4, -0.2) is 30.0 Å². The first-order valence-corrected chi connectivity index (χ1v) is 10.2. The zero-order chi connectivity index (χ0) is 18.7. The highest BCUT2D eigenvalue weighted by molar-refractivity contribution is 9.11. The first-order valence-electron chi connectivity index (χ1n) is 7.30. The minimum absolute atomic E-state index is 0.0635. The minimum atomic E-state index is -0.326. The molecule has 9 heteroatoms. The number of rotatable bonds is 6. The molecule has 0 saturated carbocycles. The summed E-state index contributed by atoms with van der Waals surface area (Å²) in [5, 5.41) is 5.40. The number of anilines is 1. The number of nitrogens with one attached hydrogen (secondary N) is 1. The molecule has 0 radical (unpaired) electrons. The molecule has 1 aromatic carbocycles. The van der Waals surface area contributed by atoms with Gasteiger partial charge in [-0.05, 0) is 40.2 Å². The van der Waals surface area contributed by atoms with E-state index in [-0.39, 0.29) is 10.8 Å². The predicted molar refractivity (Wildman–Crippen MR) is 113 cm³/mol. The number of Topliss-reactive ketones (excluding diaryl/α,β-unsaturated/α-hetero) is 1. The molecule has 0 bridgehead atoms. The maximum atomic E-state index is 12.6. The second-order valence-electron chi connectivity index (χ2n) is 5.03. The molecule has 3 aromatic rings. The summed E-state index contributed by atoms with van der Waals surface area (Å²) in [5.74, 6) is 0.721. The van der Waals surface area contributed by atoms with Crippen LogP contribution in [0.2, 0.25) is 0 Å². The van der Waals surface area contributed by atoms with Crippen LogP contribution < -0.4 is 14.8 Å². The molecule has 2 heterocycles. The number of thiophene rings is 1. The highest BCUT2D eigenvalue weighted by atomic mass is 79.9. The van der Waals surface area contributed by atoms with Crippen molar-refractivity contribution in [3.63, 3.8) is 0 Å². The van der Waals surface area contributed by atoms with E-state index in [9.17, 15) is 4.79 Å². The number of nitrogens with zero attached hydrogens (tertiary/aromatic N) is 1. The topological polar surface area (TPSA) is 60.5 Å². The Morgan fingerprint density at radius 3 is 2.46 bits per heavy atom. The molecule has 2 aromatic heterocycles. The van der Waals surface area contributed by atoms with Crippen molar-refractivity contribution in [2.75, 3.05) is 19.5 Å². The lowest BCUT2D eigenvalue weighted by Gasteiger charge is -2.08. The molecule has 0 saturated heterocycles. The number of carbonyl (C=O) groups is 1. The number of hydrogen-bond donors (Lipinski definition) is 1. The SMILES string of the molecule is COc1cc(OC)cc(C(=O)C(=S)Nc2nc(-c3ccc(Br)s3)cs2)c1. The summed E-state index contributed by atoms with van der Waals surface area (Å²) in [6.07, 6.45) is 0. The molecule has 3 rings (SSSR count). The summed E-state index contributed by atoms with van der Waals surface area (Å²) in [6.45, 7) is 0. The van der Waals surface area contributed by atoms with Crippen molar-refractivity contribution < 1.29 is 14.3 Å². The Morgan fingerprint density at radius 1 is 1.19 bits per heavy atom. The smallest absolute Gasteiger partial charge is 0.220 e. The number of thiazole rings is 1. The van der Waals surface area contributed by atoms with Crippen LogP contribution >= 0.6 is 50.8 Å². The number of aromatic nitrogens is 1. The van der Waals surface area contributed by atoms with Gasteiger partial charge in [-0.3, -0.25) is 4.79 Å². The van der Waals surface area contributed by atoms with E-state index in [1.54, 1.807) is 29.5 Å². The van der Waals surface area contributed by atoms with Crippen molar-refractivity contribution in [1.82, 2.24) is 4.98 Å². The summed E-state index contributed by atoms with van der Waals surface area (Å²) >= 11 is 11.7. The summed E-state index contributed by atoms with van der Waals surface area (Å²) in [4.78, 5) is 18.2. The number of carbonyl (C=O) groups excluding carboxylic acids is 1. The lowest BCUT2D eigenvalue weighted by atomic mass is 10.1. The van der Waals surface area contributed by atoms with E-state index in [0.717, 1.165) is 14.4 Å². The Hall–Kier alpha value is -1.81. The average Bonchev–Trinajstić information content (AvgIpc) is 3.29. The lowest BCUT2D eigenvalue weighted by Crippen LogP contribution is -2.20. The number of ether oxygens (including phenoxy) is 2. The zero-order valence-corrected chi connectivity index (χ0v) is 17.8. The normalized spacial score (nSPS) is 10.4. The van der Waals surface area contributed by atoms with E-state index in [1.165, 1.54) is 25.6 Å². The minimum Gasteiger partial charge on any atom is -0.497 e. The van der Waals surface area contributed by atoms with E-state index in [0.29, 0.717) is 22.2 Å². The first-order chi connectivity index (χ1) is 12.5. The molecule has 0 unspecified atom stereocenters. The van der Waals surface area contributed by atoms with Crippen LogP contribution in [0.5, 0.6) is 11.5 Å². The van der Waals surface area contributed by atoms with E-state index in [1.807, 2.05) is 17.5 Å². The molecular weight excluding hydrogens is 456 g/mol. The summed E-state index contributed by atoms with van der Waals surface area (Å²) in [6, 6.07) is 8.89. The fourth-order valence-corrected chi connectivity index (χ4v) is 4.54. The number of ketones is 1. The van der Waals surface area contributed by atoms with Gasteiger partial charge in [-0.1, -0.05) is 12.2 Å². The van der Waals surface area contributed by atoms with Gasteiger partial charge in [0.05, 0.1) is 28.6 Å². The van der Waals surface area contributed by atoms with Gasteiger partial charge in [0.2, 0.25) is 5.78 Å². The van der Waals surface area contributed by atoms with Gasteiger partial charge in [-0.15, -0.1) is 22.7 Å². The molecule has 0 aliphatic heterocycles. The predicted octanol–water partition coefficient (Wildman–Crippen LogP) is 5.27. The molecule has 0 aliphatic carbocycles. The average molecular weight is 469 g/mol. The van der Waals surface area contributed by atoms with E-state index in [2.05, 4.69) is 26.2 Å². The van der Waals surface area contributed by atoms with Gasteiger partial charge in [0.25, 0.3) is 0 Å². The van der Waals surface area contributed by atoms with Gasteiger partial charge in [0.15, 0.2) is 10.1 Å². The molecule has 26 heavy (non-hydrogen) atoms. The number of hydrogen-bond acceptors (Lipinski definition) is 7. The molecule has 0 atom stereocenters. The molecule has 5 nitrogen and oxygen atoms in total. The van der Waals surface area contributed by atoms with Crippen molar-refractivity contribution in [2.24, 2.45) is 0 Å². The molecule has 0 spiro atoms. The van der Waals surface area contributed by atoms with Crippen molar-refractivity contribution in [3.05, 3.63) is 45.1 Å². The fraction of sp³-hybridized carbons (Fsp3) is 0.118. The summed E-state index contributed by atoms with van der Waals surface area (Å²) in [5.41, 5.74) is 1.23. The first kappa shape index (κ1) is 19.0. The Labute approximate surface area is 172 Å². The van der Waals surface area contributed by atoms with Crippen molar-refractivity contribution in [1.29, 1.82) is 0 Å². The van der Waals surface area contributed by atoms with Crippen molar-refractivity contribution >= 4 is 66.7 Å². The number of thiocarbonyl (C=S) groups is 1. The third-order valence-corrected chi connectivity index (χ3v) is 6.06. The van der Waals surface area contributed by atoms with E-state index >= 15 is 0 Å². The highest BCUT2D eigenvalue weighted by Crippen LogP contribution is 2.33. The van der Waals surface area contributed by atoms with Crippen LogP contribution in [0.1, 0.15) is 10.4 Å². The molecule has 134 valence electrons. The molecule has 0 amide bonds. The second kappa shape index (κ2) is 8.26. The third-order valence-electron chi connectivity index (χ3n) is 3.37. The van der Waals surface area contributed by atoms with Crippen LogP contribution in [0, 0.1) is 0 Å². The second-order valence-corrected chi connectivity index (χ2v) is 8.76. The Kier molecular flexibility index (Phi) is 6.02. The Balaban J connectivity index is 1.76. The van der Waals surface area contributed by atoms with Gasteiger partial charge in [-0.2, -0.15) is 0 Å². The number of benzene rings is 1. The van der Waals surface area contributed by atoms with Gasteiger partial charge in [0, 0.05) is 17.0 Å². The quantitative estimate of drug-likeness (QED) is 0.392. The van der Waals surface area contributed by atoms with Crippen LogP contribution in [0.15, 0.2) is 39.5 Å². The van der Waals surface area contributed by atoms with Gasteiger partial charge in [0.1, 0.15) is 11.5 Å². The maximum absolute atomic E-state index is 12.6. The summed E-state index contributed by atoms with van der Waals surface area (Å²) in [7, 11) is 3.05. The standard InChI is InChI=1S/C17H13BrN2O3S3/c1-22-10-5-9(6-11(7-10)23-2)15(21)16(24)20-17-19-12(8-25-17)13-3-4-14(18)26-13/h3-8H,1-2H3,(H,19,20,24). The third kappa shape index (κ3) is 4.29. The number of halogens is 1. The number of methoxy groups -OCH3 is 2. The molecule has 0 aliphatic rings. The monoisotopic (exact) mass is 468 g/mol. The van der Waals surface area contributed by atoms with Gasteiger partial charge < -0.3 is 14.8 Å². The van der Waals surface area contributed by atoms with Crippen molar-refractivity contribution in [2.45, 2.75) is 0 Å². The van der Waals surface area contributed by atoms with Gasteiger partial charge >= 0.3 is 0 Å². The Morgan fingerprint density at radius 2 is 1.88 bits per heavy atom. The molecule has 0 fully saturated rings. The van der Waals surface area contributed by atoms with E-state index in [4.69, 9.17) is 21.7 Å². The van der Waals surface area contributed by atoms with Crippen LogP contribution in [0.4, 0.5) is 5.13 Å². The largest absolute Gasteiger partial charge is 0.497 e. The van der Waals surface area contributed by atoms with Crippen molar-refractivity contribution in [3.8, 4) is 22.1 Å².